The molecule has 3 heteroatoms. The van der Waals surface area contributed by atoms with E-state index in [1.54, 1.807) is 0 Å². The molecule has 55 heavy (non-hydrogen) atoms. The summed E-state index contributed by atoms with van der Waals surface area (Å²) in [7, 11) is 0. The molecule has 9 aromatic carbocycles. The molecule has 1 N–H and O–H groups in total. The zero-order valence-electron chi connectivity index (χ0n) is 30.3. The van der Waals surface area contributed by atoms with Crippen LogP contribution in [0, 0.1) is 0 Å². The van der Waals surface area contributed by atoms with Gasteiger partial charge in [-0.05, 0) is 103 Å². The topological polar surface area (TPSA) is 29.3 Å². The van der Waals surface area contributed by atoms with E-state index in [4.69, 9.17) is 0 Å². The Balaban J connectivity index is 1.05. The molecule has 0 saturated carbocycles. The molecule has 0 saturated heterocycles. The van der Waals surface area contributed by atoms with Crippen LogP contribution in [0.25, 0.3) is 76.4 Å². The molecule has 1 aromatic heterocycles. The number of benzene rings is 9. The third kappa shape index (κ3) is 5.05. The number of hydrogen-bond acceptors (Lipinski definition) is 2. The van der Waals surface area contributed by atoms with Crippen molar-refractivity contribution in [1.29, 1.82) is 0 Å². The Hall–Kier alpha value is -6.81. The number of aliphatic imine (C=N–C) groups is 1. The summed E-state index contributed by atoms with van der Waals surface area (Å²) in [5.41, 5.74) is 13.6. The summed E-state index contributed by atoms with van der Waals surface area (Å²) < 4.78 is 2.46. The fourth-order valence-electron chi connectivity index (χ4n) is 9.27. The molecular weight excluding hydrogens is 667 g/mol. The maximum absolute atomic E-state index is 4.68. The summed E-state index contributed by atoms with van der Waals surface area (Å²) >= 11 is 0. The molecule has 0 bridgehead atoms. The van der Waals surface area contributed by atoms with E-state index in [1.165, 1.54) is 82.3 Å². The molecule has 1 aliphatic rings. The first-order valence-corrected chi connectivity index (χ1v) is 19.1. The smallest absolute Gasteiger partial charge is 0.0751 e. The quantitative estimate of drug-likeness (QED) is 0.165. The monoisotopic (exact) mass is 703 g/mol. The predicted molar refractivity (Wildman–Crippen MR) is 233 cm³/mol. The first-order chi connectivity index (χ1) is 27.2. The van der Waals surface area contributed by atoms with Gasteiger partial charge in [-0.15, -0.1) is 0 Å². The van der Waals surface area contributed by atoms with Gasteiger partial charge in [-0.3, -0.25) is 10.3 Å². The van der Waals surface area contributed by atoms with Crippen molar-refractivity contribution < 1.29 is 0 Å². The summed E-state index contributed by atoms with van der Waals surface area (Å²) in [6.07, 6.45) is 0.961. The van der Waals surface area contributed by atoms with Crippen LogP contribution in [0.1, 0.15) is 28.3 Å². The zero-order chi connectivity index (χ0) is 36.5. The molecule has 1 heterocycles. The van der Waals surface area contributed by atoms with Crippen LogP contribution in [0.15, 0.2) is 181 Å². The number of para-hydroxylation sites is 1. The van der Waals surface area contributed by atoms with Gasteiger partial charge in [0.15, 0.2) is 0 Å². The minimum atomic E-state index is -0.151. The zero-order valence-corrected chi connectivity index (χ0v) is 30.3. The largest absolute Gasteiger partial charge is 0.327 e. The second kappa shape index (κ2) is 12.7. The molecule has 11 rings (SSSR count). The highest BCUT2D eigenvalue weighted by molar-refractivity contribution is 6.14. The molecule has 0 fully saturated rings. The van der Waals surface area contributed by atoms with Crippen molar-refractivity contribution in [3.8, 4) is 22.3 Å². The van der Waals surface area contributed by atoms with Crippen LogP contribution in [0.4, 0.5) is 5.69 Å². The van der Waals surface area contributed by atoms with Gasteiger partial charge in [0, 0.05) is 16.2 Å². The Morgan fingerprint density at radius 2 is 1.22 bits per heavy atom. The summed E-state index contributed by atoms with van der Waals surface area (Å²) in [4.78, 5) is 4.68. The van der Waals surface area contributed by atoms with E-state index in [0.717, 1.165) is 28.4 Å². The number of rotatable bonds is 7. The number of hydrogen-bond donors (Lipinski definition) is 1. The molecule has 1 unspecified atom stereocenters. The number of aromatic nitrogens is 1. The second-order valence-corrected chi connectivity index (χ2v) is 14.8. The van der Waals surface area contributed by atoms with E-state index < -0.39 is 0 Å². The molecule has 0 aliphatic heterocycles. The third-order valence-corrected chi connectivity index (χ3v) is 11.9. The highest BCUT2D eigenvalue weighted by Crippen LogP contribution is 2.43. The molecule has 1 atom stereocenters. The van der Waals surface area contributed by atoms with Gasteiger partial charge < -0.3 is 4.57 Å². The van der Waals surface area contributed by atoms with Crippen LogP contribution in [0.5, 0.6) is 0 Å². The normalized spacial score (nSPS) is 12.8. The average molecular weight is 704 g/mol. The van der Waals surface area contributed by atoms with Gasteiger partial charge in [0.1, 0.15) is 0 Å². The van der Waals surface area contributed by atoms with Crippen LogP contribution >= 0.6 is 0 Å². The second-order valence-electron chi connectivity index (χ2n) is 14.8. The van der Waals surface area contributed by atoms with Gasteiger partial charge in [0.05, 0.1) is 29.4 Å². The van der Waals surface area contributed by atoms with Crippen LogP contribution < -0.4 is 5.32 Å². The summed E-state index contributed by atoms with van der Waals surface area (Å²) in [6, 6.07) is 64.1. The molecule has 1 aliphatic carbocycles. The predicted octanol–water partition coefficient (Wildman–Crippen LogP) is 13.2. The van der Waals surface area contributed by atoms with Crippen molar-refractivity contribution in [1.82, 2.24) is 9.88 Å². The Morgan fingerprint density at radius 3 is 2.07 bits per heavy atom. The van der Waals surface area contributed by atoms with Crippen LogP contribution in [0.2, 0.25) is 0 Å². The standard InChI is InChI=1S/C52H37N3/c1-53-52-42-17-7-3-12-34(42)25-28-45(52)51(36-23-21-35(22-24-36)40-19-10-14-33-11-2-5-15-39(33)40)54-32-55-49-20-9-8-18-44(49)48-30-38-26-27-43-41-16-6-4-13-37(41)29-47(43)46(38)31-50(48)55/h2-28,30-31,51,54H,1,29,32H2. The van der Waals surface area contributed by atoms with Crippen molar-refractivity contribution in [2.24, 2.45) is 4.99 Å². The Morgan fingerprint density at radius 1 is 0.527 bits per heavy atom. The lowest BCUT2D eigenvalue weighted by atomic mass is 9.92. The minimum absolute atomic E-state index is 0.151. The molecule has 3 nitrogen and oxygen atoms in total. The summed E-state index contributed by atoms with van der Waals surface area (Å²) in [6.45, 7) is 4.68. The van der Waals surface area contributed by atoms with E-state index in [9.17, 15) is 0 Å². The van der Waals surface area contributed by atoms with Gasteiger partial charge in [-0.2, -0.15) is 0 Å². The number of nitrogens with one attached hydrogen (secondary N) is 1. The van der Waals surface area contributed by atoms with Crippen LogP contribution in [-0.4, -0.2) is 11.3 Å². The number of fused-ring (bicyclic) bond motifs is 10. The summed E-state index contributed by atoms with van der Waals surface area (Å²) in [5, 5.41) is 14.0. The maximum Gasteiger partial charge on any atom is 0.0751 e. The Labute approximate surface area is 319 Å². The van der Waals surface area contributed by atoms with Crippen LogP contribution in [-0.2, 0) is 13.1 Å². The van der Waals surface area contributed by atoms with Crippen LogP contribution in [0.3, 0.4) is 0 Å². The average Bonchev–Trinajstić information content (AvgIpc) is 3.78. The molecule has 10 aromatic rings. The van der Waals surface area contributed by atoms with Crippen molar-refractivity contribution in [2.45, 2.75) is 19.1 Å². The summed E-state index contributed by atoms with van der Waals surface area (Å²) in [5.74, 6) is 0. The molecule has 0 amide bonds. The van der Waals surface area contributed by atoms with Crippen molar-refractivity contribution in [2.75, 3.05) is 0 Å². The van der Waals surface area contributed by atoms with Crippen molar-refractivity contribution in [3.05, 3.63) is 198 Å². The fourth-order valence-corrected chi connectivity index (χ4v) is 9.27. The number of nitrogens with zero attached hydrogens (tertiary/aromatic N) is 2. The van der Waals surface area contributed by atoms with Gasteiger partial charge >= 0.3 is 0 Å². The highest BCUT2D eigenvalue weighted by atomic mass is 15.1. The molecular formula is C52H37N3. The SMILES string of the molecule is C=Nc1c(C(NCn2c3ccccc3c3cc4ccc5c(c4cc32)Cc2ccccc2-5)c2ccc(-c3cccc4ccccc34)cc2)ccc2ccccc12. The lowest BCUT2D eigenvalue weighted by molar-refractivity contribution is 0.527. The minimum Gasteiger partial charge on any atom is -0.327 e. The van der Waals surface area contributed by atoms with E-state index in [0.29, 0.717) is 6.67 Å². The van der Waals surface area contributed by atoms with E-state index in [-0.39, 0.29) is 6.04 Å². The lowest BCUT2D eigenvalue weighted by Crippen LogP contribution is -2.25. The maximum atomic E-state index is 4.68. The highest BCUT2D eigenvalue weighted by Gasteiger charge is 2.23. The molecule has 0 radical (unpaired) electrons. The van der Waals surface area contributed by atoms with Crippen molar-refractivity contribution in [3.63, 3.8) is 0 Å². The van der Waals surface area contributed by atoms with E-state index in [2.05, 4.69) is 198 Å². The third-order valence-electron chi connectivity index (χ3n) is 11.9. The molecule has 0 spiro atoms. The Bertz CT molecular complexity index is 3140. The lowest BCUT2D eigenvalue weighted by Gasteiger charge is -2.24. The van der Waals surface area contributed by atoms with Crippen molar-refractivity contribution >= 4 is 66.5 Å². The van der Waals surface area contributed by atoms with E-state index in [1.807, 2.05) is 0 Å². The first kappa shape index (κ1) is 31.7. The fraction of sp³-hybridized carbons (Fsp3) is 0.0577. The first-order valence-electron chi connectivity index (χ1n) is 19.1. The van der Waals surface area contributed by atoms with Gasteiger partial charge in [-0.25, -0.2) is 0 Å². The molecule has 260 valence electrons. The van der Waals surface area contributed by atoms with E-state index >= 15 is 0 Å². The van der Waals surface area contributed by atoms with Gasteiger partial charge in [0.2, 0.25) is 0 Å². The van der Waals surface area contributed by atoms with Gasteiger partial charge in [-0.1, -0.05) is 158 Å². The Kier molecular flexibility index (Phi) is 7.29. The van der Waals surface area contributed by atoms with Gasteiger partial charge in [0.25, 0.3) is 0 Å².